The Hall–Kier alpha value is -0.0800. The molecule has 2 heteroatoms. The number of piperidine rings is 1. The number of rotatable bonds is 2. The molecule has 0 radical (unpaired) electrons. The van der Waals surface area contributed by atoms with Crippen LogP contribution in [0.5, 0.6) is 0 Å². The SMILES string of the molecule is OCCN1C[C@H]2CC[C@@H]1C2. The van der Waals surface area contributed by atoms with Gasteiger partial charge in [-0.1, -0.05) is 0 Å². The van der Waals surface area contributed by atoms with Crippen molar-refractivity contribution in [3.05, 3.63) is 0 Å². The van der Waals surface area contributed by atoms with E-state index in [0.29, 0.717) is 6.61 Å². The standard InChI is InChI=1S/C8H15NO/c10-4-3-9-6-7-1-2-8(9)5-7/h7-8,10H,1-6H2/t7-,8+/m0/s1. The van der Waals surface area contributed by atoms with Gasteiger partial charge >= 0.3 is 0 Å². The molecule has 0 aromatic carbocycles. The molecule has 0 aromatic rings. The molecule has 1 saturated carbocycles. The van der Waals surface area contributed by atoms with Gasteiger partial charge in [-0.2, -0.15) is 0 Å². The molecule has 10 heavy (non-hydrogen) atoms. The fourth-order valence-corrected chi connectivity index (χ4v) is 2.43. The number of hydrogen-bond donors (Lipinski definition) is 1. The highest BCUT2D eigenvalue weighted by Gasteiger charge is 2.36. The van der Waals surface area contributed by atoms with Gasteiger partial charge in [0.2, 0.25) is 0 Å². The van der Waals surface area contributed by atoms with E-state index in [4.69, 9.17) is 5.11 Å². The van der Waals surface area contributed by atoms with Crippen molar-refractivity contribution in [1.29, 1.82) is 0 Å². The highest BCUT2D eigenvalue weighted by molar-refractivity contribution is 4.91. The smallest absolute Gasteiger partial charge is 0.0558 e. The zero-order valence-electron chi connectivity index (χ0n) is 6.29. The van der Waals surface area contributed by atoms with Crippen LogP contribution in [-0.4, -0.2) is 35.7 Å². The molecule has 2 atom stereocenters. The predicted molar refractivity (Wildman–Crippen MR) is 39.8 cm³/mol. The fourth-order valence-electron chi connectivity index (χ4n) is 2.43. The molecule has 1 aliphatic heterocycles. The molecule has 2 bridgehead atoms. The van der Waals surface area contributed by atoms with Crippen LogP contribution in [0.3, 0.4) is 0 Å². The van der Waals surface area contributed by atoms with Crippen molar-refractivity contribution in [1.82, 2.24) is 4.90 Å². The van der Waals surface area contributed by atoms with Crippen molar-refractivity contribution in [3.8, 4) is 0 Å². The monoisotopic (exact) mass is 141 g/mol. The van der Waals surface area contributed by atoms with E-state index < -0.39 is 0 Å². The molecule has 2 nitrogen and oxygen atoms in total. The summed E-state index contributed by atoms with van der Waals surface area (Å²) < 4.78 is 0. The third-order valence-electron chi connectivity index (χ3n) is 2.91. The average Bonchev–Trinajstić information content (AvgIpc) is 2.48. The normalized spacial score (nSPS) is 39.3. The van der Waals surface area contributed by atoms with E-state index in [2.05, 4.69) is 4.90 Å². The number of nitrogens with zero attached hydrogens (tertiary/aromatic N) is 1. The third kappa shape index (κ3) is 0.956. The lowest BCUT2D eigenvalue weighted by Crippen LogP contribution is -2.34. The van der Waals surface area contributed by atoms with Gasteiger partial charge in [0.1, 0.15) is 0 Å². The summed E-state index contributed by atoms with van der Waals surface area (Å²) in [6.45, 7) is 2.50. The maximum absolute atomic E-state index is 8.71. The molecule has 58 valence electrons. The summed E-state index contributed by atoms with van der Waals surface area (Å²) in [5.41, 5.74) is 0. The highest BCUT2D eigenvalue weighted by atomic mass is 16.3. The minimum atomic E-state index is 0.337. The van der Waals surface area contributed by atoms with Crippen molar-refractivity contribution in [2.24, 2.45) is 5.92 Å². The lowest BCUT2D eigenvalue weighted by molar-refractivity contribution is 0.163. The molecule has 0 aromatic heterocycles. The van der Waals surface area contributed by atoms with Crippen molar-refractivity contribution >= 4 is 0 Å². The molecule has 0 spiro atoms. The summed E-state index contributed by atoms with van der Waals surface area (Å²) in [6, 6.07) is 0.831. The molecule has 1 saturated heterocycles. The van der Waals surface area contributed by atoms with Gasteiger partial charge in [-0.05, 0) is 25.2 Å². The van der Waals surface area contributed by atoms with Crippen molar-refractivity contribution in [2.75, 3.05) is 19.7 Å². The second-order valence-corrected chi connectivity index (χ2v) is 3.55. The molecule has 1 aliphatic carbocycles. The van der Waals surface area contributed by atoms with Gasteiger partial charge in [0.15, 0.2) is 0 Å². The first-order valence-corrected chi connectivity index (χ1v) is 4.25. The summed E-state index contributed by atoms with van der Waals surface area (Å²) in [7, 11) is 0. The second-order valence-electron chi connectivity index (χ2n) is 3.55. The van der Waals surface area contributed by atoms with Gasteiger partial charge in [-0.25, -0.2) is 0 Å². The summed E-state index contributed by atoms with van der Waals surface area (Å²) in [5.74, 6) is 0.969. The zero-order valence-corrected chi connectivity index (χ0v) is 6.29. The number of fused-ring (bicyclic) bond motifs is 2. The number of aliphatic hydroxyl groups is 1. The Balaban J connectivity index is 1.90. The Kier molecular flexibility index (Phi) is 1.66. The van der Waals surface area contributed by atoms with E-state index in [1.807, 2.05) is 0 Å². The van der Waals surface area contributed by atoms with Crippen molar-refractivity contribution in [3.63, 3.8) is 0 Å². The quantitative estimate of drug-likeness (QED) is 0.604. The topological polar surface area (TPSA) is 23.5 Å². The fraction of sp³-hybridized carbons (Fsp3) is 1.00. The summed E-state index contributed by atoms with van der Waals surface area (Å²) >= 11 is 0. The van der Waals surface area contributed by atoms with Crippen LogP contribution in [0.25, 0.3) is 0 Å². The first-order chi connectivity index (χ1) is 4.90. The van der Waals surface area contributed by atoms with Gasteiger partial charge < -0.3 is 5.11 Å². The van der Waals surface area contributed by atoms with E-state index in [1.54, 1.807) is 0 Å². The Morgan fingerprint density at radius 3 is 2.80 bits per heavy atom. The minimum Gasteiger partial charge on any atom is -0.395 e. The summed E-state index contributed by atoms with van der Waals surface area (Å²) in [6.07, 6.45) is 4.22. The molecule has 0 amide bonds. The van der Waals surface area contributed by atoms with Crippen LogP contribution in [0, 0.1) is 5.92 Å². The predicted octanol–water partition coefficient (Wildman–Crippen LogP) is 0.463. The van der Waals surface area contributed by atoms with E-state index in [0.717, 1.165) is 18.5 Å². The average molecular weight is 141 g/mol. The number of likely N-dealkylation sites (tertiary alicyclic amines) is 1. The first-order valence-electron chi connectivity index (χ1n) is 4.25. The van der Waals surface area contributed by atoms with Crippen molar-refractivity contribution in [2.45, 2.75) is 25.3 Å². The van der Waals surface area contributed by atoms with E-state index in [9.17, 15) is 0 Å². The molecule has 2 aliphatic rings. The lowest BCUT2D eigenvalue weighted by atomic mass is 10.1. The Bertz CT molecular complexity index is 126. The zero-order chi connectivity index (χ0) is 6.97. The van der Waals surface area contributed by atoms with Gasteiger partial charge in [0.25, 0.3) is 0 Å². The third-order valence-corrected chi connectivity index (χ3v) is 2.91. The van der Waals surface area contributed by atoms with Gasteiger partial charge in [-0.15, -0.1) is 0 Å². The van der Waals surface area contributed by atoms with E-state index in [1.165, 1.54) is 25.8 Å². The highest BCUT2D eigenvalue weighted by Crippen LogP contribution is 2.36. The van der Waals surface area contributed by atoms with Crippen LogP contribution in [0.1, 0.15) is 19.3 Å². The van der Waals surface area contributed by atoms with Gasteiger partial charge in [-0.3, -0.25) is 4.90 Å². The number of aliphatic hydroxyl groups excluding tert-OH is 1. The van der Waals surface area contributed by atoms with Gasteiger partial charge in [0.05, 0.1) is 6.61 Å². The first kappa shape index (κ1) is 6.62. The maximum Gasteiger partial charge on any atom is 0.0558 e. The Labute approximate surface area is 61.8 Å². The lowest BCUT2D eigenvalue weighted by Gasteiger charge is -2.25. The largest absolute Gasteiger partial charge is 0.395 e. The molecular formula is C8H15NO. The van der Waals surface area contributed by atoms with E-state index >= 15 is 0 Å². The van der Waals surface area contributed by atoms with Crippen LogP contribution < -0.4 is 0 Å². The molecule has 0 unspecified atom stereocenters. The van der Waals surface area contributed by atoms with Crippen LogP contribution in [0.2, 0.25) is 0 Å². The van der Waals surface area contributed by atoms with Crippen LogP contribution in [0.15, 0.2) is 0 Å². The maximum atomic E-state index is 8.71. The van der Waals surface area contributed by atoms with Crippen LogP contribution >= 0.6 is 0 Å². The van der Waals surface area contributed by atoms with Crippen molar-refractivity contribution < 1.29 is 5.11 Å². The molecule has 1 heterocycles. The summed E-state index contributed by atoms with van der Waals surface area (Å²) in [5, 5.41) is 8.71. The van der Waals surface area contributed by atoms with Crippen LogP contribution in [-0.2, 0) is 0 Å². The Morgan fingerprint density at radius 2 is 2.30 bits per heavy atom. The Morgan fingerprint density at radius 1 is 1.40 bits per heavy atom. The molecule has 2 rings (SSSR count). The molecule has 2 fully saturated rings. The van der Waals surface area contributed by atoms with E-state index in [-0.39, 0.29) is 0 Å². The number of hydrogen-bond acceptors (Lipinski definition) is 2. The summed E-state index contributed by atoms with van der Waals surface area (Å²) in [4.78, 5) is 2.44. The number of β-amino-alcohol motifs (C(OH)–C–C–N with tert-alkyl or cyclic N) is 1. The second kappa shape index (κ2) is 2.51. The van der Waals surface area contributed by atoms with Crippen LogP contribution in [0.4, 0.5) is 0 Å². The van der Waals surface area contributed by atoms with Gasteiger partial charge in [0, 0.05) is 19.1 Å². The minimum absolute atomic E-state index is 0.337. The molecule has 1 N–H and O–H groups in total. The molecular weight excluding hydrogens is 126 g/mol.